The van der Waals surface area contributed by atoms with Crippen LogP contribution >= 0.6 is 0 Å². The van der Waals surface area contributed by atoms with Crippen LogP contribution in [0.5, 0.6) is 0 Å². The zero-order valence-corrected chi connectivity index (χ0v) is 13.9. The van der Waals surface area contributed by atoms with Crippen molar-refractivity contribution in [2.24, 2.45) is 0 Å². The van der Waals surface area contributed by atoms with Crippen molar-refractivity contribution in [2.75, 3.05) is 26.2 Å². The average molecular weight is 356 g/mol. The molecular formula is C15H24N4O6. The van der Waals surface area contributed by atoms with Gasteiger partial charge in [-0.05, 0) is 32.2 Å². The number of likely N-dealkylation sites (tertiary alicyclic amines) is 1. The van der Waals surface area contributed by atoms with Gasteiger partial charge in [0, 0.05) is 6.54 Å². The minimum Gasteiger partial charge on any atom is -0.480 e. The van der Waals surface area contributed by atoms with Gasteiger partial charge in [0.15, 0.2) is 0 Å². The van der Waals surface area contributed by atoms with Crippen LogP contribution in [0.15, 0.2) is 0 Å². The molecule has 0 radical (unpaired) electrons. The highest BCUT2D eigenvalue weighted by Crippen LogP contribution is 2.17. The molecule has 10 nitrogen and oxygen atoms in total. The summed E-state index contributed by atoms with van der Waals surface area (Å²) >= 11 is 0. The second-order valence-corrected chi connectivity index (χ2v) is 6.19. The molecule has 2 fully saturated rings. The normalized spacial score (nSPS) is 24.0. The van der Waals surface area contributed by atoms with E-state index in [1.165, 1.54) is 4.90 Å². The summed E-state index contributed by atoms with van der Waals surface area (Å²) in [5, 5.41) is 25.7. The molecule has 0 bridgehead atoms. The molecule has 3 amide bonds. The maximum atomic E-state index is 12.3. The molecule has 2 saturated heterocycles. The first-order valence-corrected chi connectivity index (χ1v) is 8.38. The smallest absolute Gasteiger partial charge is 0.328 e. The maximum absolute atomic E-state index is 12.3. The number of aliphatic hydroxyl groups is 1. The minimum absolute atomic E-state index is 0.205. The third-order valence-corrected chi connectivity index (χ3v) is 4.46. The highest BCUT2D eigenvalue weighted by molar-refractivity contribution is 5.93. The van der Waals surface area contributed by atoms with Gasteiger partial charge in [0.2, 0.25) is 17.7 Å². The molecule has 25 heavy (non-hydrogen) atoms. The van der Waals surface area contributed by atoms with Crippen LogP contribution in [0.1, 0.15) is 25.7 Å². The van der Waals surface area contributed by atoms with E-state index in [1.54, 1.807) is 0 Å². The molecule has 5 N–H and O–H groups in total. The van der Waals surface area contributed by atoms with E-state index in [-0.39, 0.29) is 24.4 Å². The SMILES string of the molecule is O=C(O)C(CO)NC(=O)C1CCCN1C(=O)CNC(=O)C1CCCN1. The van der Waals surface area contributed by atoms with E-state index < -0.39 is 30.6 Å². The van der Waals surface area contributed by atoms with E-state index in [9.17, 15) is 19.2 Å². The first kappa shape index (κ1) is 19.1. The fraction of sp³-hybridized carbons (Fsp3) is 0.733. The summed E-state index contributed by atoms with van der Waals surface area (Å²) in [6, 6.07) is -2.48. The Morgan fingerprint density at radius 1 is 1.16 bits per heavy atom. The highest BCUT2D eigenvalue weighted by Gasteiger charge is 2.36. The predicted octanol–water partition coefficient (Wildman–Crippen LogP) is -2.59. The van der Waals surface area contributed by atoms with Crippen LogP contribution in [0, 0.1) is 0 Å². The Bertz CT molecular complexity index is 534. The number of aliphatic hydroxyl groups excluding tert-OH is 1. The second-order valence-electron chi connectivity index (χ2n) is 6.19. The third kappa shape index (κ3) is 4.89. The number of carbonyl (C=O) groups is 4. The van der Waals surface area contributed by atoms with Crippen LogP contribution in [0.3, 0.4) is 0 Å². The fourth-order valence-corrected chi connectivity index (χ4v) is 3.09. The van der Waals surface area contributed by atoms with Gasteiger partial charge in [0.05, 0.1) is 19.2 Å². The number of carbonyl (C=O) groups excluding carboxylic acids is 3. The Labute approximate surface area is 144 Å². The monoisotopic (exact) mass is 356 g/mol. The largest absolute Gasteiger partial charge is 0.480 e. The Hall–Kier alpha value is -2.20. The van der Waals surface area contributed by atoms with Crippen LogP contribution in [0.25, 0.3) is 0 Å². The Kier molecular flexibility index (Phi) is 6.71. The molecule has 10 heteroatoms. The summed E-state index contributed by atoms with van der Waals surface area (Å²) in [6.45, 7) is 0.205. The highest BCUT2D eigenvalue weighted by atomic mass is 16.4. The molecule has 0 spiro atoms. The number of amides is 3. The molecule has 140 valence electrons. The Morgan fingerprint density at radius 3 is 2.52 bits per heavy atom. The van der Waals surface area contributed by atoms with Gasteiger partial charge in [-0.25, -0.2) is 4.79 Å². The van der Waals surface area contributed by atoms with Crippen molar-refractivity contribution in [1.29, 1.82) is 0 Å². The number of aliphatic carboxylic acids is 1. The number of hydrogen-bond donors (Lipinski definition) is 5. The van der Waals surface area contributed by atoms with Gasteiger partial charge < -0.3 is 31.1 Å². The maximum Gasteiger partial charge on any atom is 0.328 e. The van der Waals surface area contributed by atoms with E-state index in [4.69, 9.17) is 10.2 Å². The van der Waals surface area contributed by atoms with E-state index in [1.807, 2.05) is 0 Å². The number of carboxylic acids is 1. The molecule has 2 aliphatic rings. The molecule has 3 unspecified atom stereocenters. The van der Waals surface area contributed by atoms with Gasteiger partial charge in [0.1, 0.15) is 12.1 Å². The van der Waals surface area contributed by atoms with Crippen molar-refractivity contribution < 1.29 is 29.4 Å². The molecule has 0 aromatic rings. The molecule has 0 aromatic heterocycles. The van der Waals surface area contributed by atoms with E-state index >= 15 is 0 Å². The summed E-state index contributed by atoms with van der Waals surface area (Å²) in [5.74, 6) is -2.59. The molecule has 2 rings (SSSR count). The first-order chi connectivity index (χ1) is 11.9. The van der Waals surface area contributed by atoms with Gasteiger partial charge in [0.25, 0.3) is 0 Å². The lowest BCUT2D eigenvalue weighted by Crippen LogP contribution is -2.53. The predicted molar refractivity (Wildman–Crippen MR) is 85.4 cm³/mol. The number of nitrogens with zero attached hydrogens (tertiary/aromatic N) is 1. The minimum atomic E-state index is -1.40. The Balaban J connectivity index is 1.86. The molecule has 2 heterocycles. The van der Waals surface area contributed by atoms with Gasteiger partial charge >= 0.3 is 5.97 Å². The molecule has 0 saturated carbocycles. The zero-order chi connectivity index (χ0) is 18.4. The Morgan fingerprint density at radius 2 is 1.92 bits per heavy atom. The van der Waals surface area contributed by atoms with Gasteiger partial charge in [-0.2, -0.15) is 0 Å². The van der Waals surface area contributed by atoms with Crippen LogP contribution < -0.4 is 16.0 Å². The standard InChI is InChI=1S/C15H24N4O6/c20-8-10(15(24)25)18-14(23)11-4-2-6-19(11)12(21)7-17-13(22)9-3-1-5-16-9/h9-11,16,20H,1-8H2,(H,17,22)(H,18,23)(H,24,25). The fourth-order valence-electron chi connectivity index (χ4n) is 3.09. The van der Waals surface area contributed by atoms with Gasteiger partial charge in [-0.3, -0.25) is 14.4 Å². The average Bonchev–Trinajstić information content (AvgIpc) is 3.27. The van der Waals surface area contributed by atoms with Crippen molar-refractivity contribution in [3.05, 3.63) is 0 Å². The van der Waals surface area contributed by atoms with Crippen LogP contribution in [0.2, 0.25) is 0 Å². The van der Waals surface area contributed by atoms with Crippen LogP contribution in [-0.4, -0.2) is 83.2 Å². The molecular weight excluding hydrogens is 332 g/mol. The van der Waals surface area contributed by atoms with Crippen molar-refractivity contribution in [3.8, 4) is 0 Å². The zero-order valence-electron chi connectivity index (χ0n) is 13.9. The van der Waals surface area contributed by atoms with Crippen molar-refractivity contribution in [1.82, 2.24) is 20.9 Å². The number of hydrogen-bond acceptors (Lipinski definition) is 6. The van der Waals surface area contributed by atoms with Crippen molar-refractivity contribution in [2.45, 2.75) is 43.8 Å². The van der Waals surface area contributed by atoms with Crippen molar-refractivity contribution in [3.63, 3.8) is 0 Å². The first-order valence-electron chi connectivity index (χ1n) is 8.38. The molecule has 0 aliphatic carbocycles. The van der Waals surface area contributed by atoms with E-state index in [0.717, 1.165) is 19.4 Å². The van der Waals surface area contributed by atoms with Crippen molar-refractivity contribution >= 4 is 23.7 Å². The summed E-state index contributed by atoms with van der Waals surface area (Å²) in [4.78, 5) is 48.7. The molecule has 2 aliphatic heterocycles. The summed E-state index contributed by atoms with van der Waals surface area (Å²) in [6.07, 6.45) is 2.66. The van der Waals surface area contributed by atoms with Crippen LogP contribution in [-0.2, 0) is 19.2 Å². The third-order valence-electron chi connectivity index (χ3n) is 4.46. The summed E-state index contributed by atoms with van der Waals surface area (Å²) in [7, 11) is 0. The van der Waals surface area contributed by atoms with E-state index in [2.05, 4.69) is 16.0 Å². The number of nitrogens with one attached hydrogen (secondary N) is 3. The number of rotatable bonds is 7. The molecule has 0 aromatic carbocycles. The number of carboxylic acid groups (broad SMARTS) is 1. The quantitative estimate of drug-likeness (QED) is 0.336. The lowest BCUT2D eigenvalue weighted by atomic mass is 10.2. The van der Waals surface area contributed by atoms with Crippen LogP contribution in [0.4, 0.5) is 0 Å². The lowest BCUT2D eigenvalue weighted by Gasteiger charge is -2.25. The van der Waals surface area contributed by atoms with Gasteiger partial charge in [-0.1, -0.05) is 0 Å². The topological polar surface area (TPSA) is 148 Å². The summed E-state index contributed by atoms with van der Waals surface area (Å²) < 4.78 is 0. The lowest BCUT2D eigenvalue weighted by molar-refractivity contribution is -0.144. The second kappa shape index (κ2) is 8.77. The summed E-state index contributed by atoms with van der Waals surface area (Å²) in [5.41, 5.74) is 0. The van der Waals surface area contributed by atoms with E-state index in [0.29, 0.717) is 19.4 Å². The molecule has 3 atom stereocenters. The van der Waals surface area contributed by atoms with Gasteiger partial charge in [-0.15, -0.1) is 0 Å².